The van der Waals surface area contributed by atoms with E-state index in [1.807, 2.05) is 35.2 Å². The zero-order valence-corrected chi connectivity index (χ0v) is 19.5. The van der Waals surface area contributed by atoms with Gasteiger partial charge < -0.3 is 9.80 Å². The molecule has 0 radical (unpaired) electrons. The first kappa shape index (κ1) is 24.1. The maximum Gasteiger partial charge on any atom is 0.242 e. The van der Waals surface area contributed by atoms with Gasteiger partial charge in [0.1, 0.15) is 0 Å². The zero-order valence-electron chi connectivity index (χ0n) is 18.7. The second kappa shape index (κ2) is 13.2. The fourth-order valence-corrected chi connectivity index (χ4v) is 4.38. The van der Waals surface area contributed by atoms with Gasteiger partial charge in [-0.1, -0.05) is 63.4 Å². The SMILES string of the molecule is CCCCCCC(=O)N(CCC)CC(=O)N(Cc1ccccc1)Cc1sccc1C. The van der Waals surface area contributed by atoms with Crippen molar-refractivity contribution in [1.29, 1.82) is 0 Å². The van der Waals surface area contributed by atoms with E-state index in [0.29, 0.717) is 26.1 Å². The molecule has 0 fully saturated rings. The number of hydrogen-bond acceptors (Lipinski definition) is 3. The Balaban J connectivity index is 2.07. The molecule has 2 rings (SSSR count). The molecule has 0 atom stereocenters. The largest absolute Gasteiger partial charge is 0.333 e. The van der Waals surface area contributed by atoms with Gasteiger partial charge in [0.05, 0.1) is 13.1 Å². The first-order valence-electron chi connectivity index (χ1n) is 11.2. The van der Waals surface area contributed by atoms with Crippen molar-refractivity contribution in [1.82, 2.24) is 9.80 Å². The molecule has 2 aromatic rings. The molecule has 1 aromatic carbocycles. The molecule has 30 heavy (non-hydrogen) atoms. The monoisotopic (exact) mass is 428 g/mol. The Morgan fingerprint density at radius 3 is 2.27 bits per heavy atom. The van der Waals surface area contributed by atoms with Crippen LogP contribution in [-0.4, -0.2) is 34.7 Å². The minimum atomic E-state index is 0.0158. The predicted molar refractivity (Wildman–Crippen MR) is 125 cm³/mol. The molecule has 0 aliphatic carbocycles. The van der Waals surface area contributed by atoms with E-state index in [-0.39, 0.29) is 18.4 Å². The van der Waals surface area contributed by atoms with Crippen molar-refractivity contribution in [3.05, 3.63) is 57.8 Å². The van der Waals surface area contributed by atoms with Crippen LogP contribution in [0.1, 0.15) is 68.4 Å². The molecule has 1 heterocycles. The van der Waals surface area contributed by atoms with Crippen LogP contribution >= 0.6 is 11.3 Å². The van der Waals surface area contributed by atoms with E-state index >= 15 is 0 Å². The van der Waals surface area contributed by atoms with E-state index < -0.39 is 0 Å². The maximum atomic E-state index is 13.3. The molecule has 0 spiro atoms. The molecule has 0 unspecified atom stereocenters. The highest BCUT2D eigenvalue weighted by atomic mass is 32.1. The van der Waals surface area contributed by atoms with Crippen LogP contribution in [0.3, 0.4) is 0 Å². The van der Waals surface area contributed by atoms with Crippen LogP contribution < -0.4 is 0 Å². The molecule has 2 amide bonds. The zero-order chi connectivity index (χ0) is 21.8. The molecule has 0 aliphatic rings. The second-order valence-corrected chi connectivity index (χ2v) is 8.89. The molecular formula is C25H36N2O2S. The lowest BCUT2D eigenvalue weighted by Gasteiger charge is -2.28. The molecule has 0 aliphatic heterocycles. The molecule has 0 saturated carbocycles. The molecular weight excluding hydrogens is 392 g/mol. The van der Waals surface area contributed by atoms with Gasteiger partial charge in [-0.15, -0.1) is 11.3 Å². The third kappa shape index (κ3) is 7.94. The summed E-state index contributed by atoms with van der Waals surface area (Å²) in [5, 5.41) is 2.07. The summed E-state index contributed by atoms with van der Waals surface area (Å²) in [5.74, 6) is 0.121. The Morgan fingerprint density at radius 2 is 1.63 bits per heavy atom. The number of aryl methyl sites for hydroxylation is 1. The molecule has 164 valence electrons. The molecule has 0 saturated heterocycles. The number of nitrogens with zero attached hydrogens (tertiary/aromatic N) is 2. The Hall–Kier alpha value is -2.14. The lowest BCUT2D eigenvalue weighted by molar-refractivity contribution is -0.141. The van der Waals surface area contributed by atoms with Gasteiger partial charge in [-0.3, -0.25) is 9.59 Å². The summed E-state index contributed by atoms with van der Waals surface area (Å²) in [5.41, 5.74) is 2.32. The van der Waals surface area contributed by atoms with Crippen molar-refractivity contribution >= 4 is 23.2 Å². The van der Waals surface area contributed by atoms with Crippen LogP contribution in [0.4, 0.5) is 0 Å². The Morgan fingerprint density at radius 1 is 0.867 bits per heavy atom. The Labute approximate surface area is 185 Å². The van der Waals surface area contributed by atoms with E-state index in [4.69, 9.17) is 0 Å². The van der Waals surface area contributed by atoms with Gasteiger partial charge in [-0.2, -0.15) is 0 Å². The van der Waals surface area contributed by atoms with Gasteiger partial charge in [-0.05, 0) is 42.3 Å². The number of carbonyl (C=O) groups excluding carboxylic acids is 2. The van der Waals surface area contributed by atoms with Gasteiger partial charge in [0.2, 0.25) is 11.8 Å². The second-order valence-electron chi connectivity index (χ2n) is 7.89. The fraction of sp³-hybridized carbons (Fsp3) is 0.520. The van der Waals surface area contributed by atoms with E-state index in [9.17, 15) is 9.59 Å². The van der Waals surface area contributed by atoms with Crippen molar-refractivity contribution in [3.8, 4) is 0 Å². The number of hydrogen-bond donors (Lipinski definition) is 0. The molecule has 4 nitrogen and oxygen atoms in total. The van der Waals surface area contributed by atoms with Gasteiger partial charge in [-0.25, -0.2) is 0 Å². The van der Waals surface area contributed by atoms with Gasteiger partial charge in [0, 0.05) is 24.4 Å². The van der Waals surface area contributed by atoms with Crippen molar-refractivity contribution in [3.63, 3.8) is 0 Å². The van der Waals surface area contributed by atoms with E-state index in [1.165, 1.54) is 10.4 Å². The van der Waals surface area contributed by atoms with Crippen molar-refractivity contribution in [2.24, 2.45) is 0 Å². The van der Waals surface area contributed by atoms with Gasteiger partial charge in [0.15, 0.2) is 0 Å². The number of rotatable bonds is 13. The summed E-state index contributed by atoms with van der Waals surface area (Å²) in [7, 11) is 0. The van der Waals surface area contributed by atoms with Crippen LogP contribution in [0, 0.1) is 6.92 Å². The third-order valence-electron chi connectivity index (χ3n) is 5.29. The Kier molecular flexibility index (Phi) is 10.6. The highest BCUT2D eigenvalue weighted by Crippen LogP contribution is 2.20. The molecule has 0 N–H and O–H groups in total. The summed E-state index contributed by atoms with van der Waals surface area (Å²) in [6.45, 7) is 8.25. The summed E-state index contributed by atoms with van der Waals surface area (Å²) < 4.78 is 0. The van der Waals surface area contributed by atoms with E-state index in [0.717, 1.165) is 37.7 Å². The summed E-state index contributed by atoms with van der Waals surface area (Å²) in [6.07, 6.45) is 5.69. The fourth-order valence-electron chi connectivity index (χ4n) is 3.46. The van der Waals surface area contributed by atoms with E-state index in [2.05, 4.69) is 32.2 Å². The summed E-state index contributed by atoms with van der Waals surface area (Å²) >= 11 is 1.68. The predicted octanol–water partition coefficient (Wildman–Crippen LogP) is 5.79. The van der Waals surface area contributed by atoms with Crippen molar-refractivity contribution in [2.45, 2.75) is 72.4 Å². The number of carbonyl (C=O) groups is 2. The van der Waals surface area contributed by atoms with Gasteiger partial charge >= 0.3 is 0 Å². The summed E-state index contributed by atoms with van der Waals surface area (Å²) in [6, 6.07) is 12.2. The van der Waals surface area contributed by atoms with Crippen LogP contribution in [0.15, 0.2) is 41.8 Å². The quantitative estimate of drug-likeness (QED) is 0.379. The first-order chi connectivity index (χ1) is 14.5. The lowest BCUT2D eigenvalue weighted by atomic mass is 10.1. The van der Waals surface area contributed by atoms with E-state index in [1.54, 1.807) is 16.2 Å². The van der Waals surface area contributed by atoms with Crippen molar-refractivity contribution < 1.29 is 9.59 Å². The minimum Gasteiger partial charge on any atom is -0.333 e. The van der Waals surface area contributed by atoms with Crippen molar-refractivity contribution in [2.75, 3.05) is 13.1 Å². The van der Waals surface area contributed by atoms with Crippen LogP contribution in [0.25, 0.3) is 0 Å². The first-order valence-corrected chi connectivity index (χ1v) is 12.1. The normalized spacial score (nSPS) is 10.8. The van der Waals surface area contributed by atoms with Crippen LogP contribution in [-0.2, 0) is 22.7 Å². The minimum absolute atomic E-state index is 0.0158. The Bertz CT molecular complexity index is 772. The molecule has 1 aromatic heterocycles. The molecule has 5 heteroatoms. The summed E-state index contributed by atoms with van der Waals surface area (Å²) in [4.78, 5) is 30.9. The molecule has 0 bridgehead atoms. The lowest BCUT2D eigenvalue weighted by Crippen LogP contribution is -2.42. The highest BCUT2D eigenvalue weighted by molar-refractivity contribution is 7.10. The van der Waals surface area contributed by atoms with Crippen LogP contribution in [0.2, 0.25) is 0 Å². The number of amides is 2. The van der Waals surface area contributed by atoms with Gasteiger partial charge in [0.25, 0.3) is 0 Å². The average molecular weight is 429 g/mol. The smallest absolute Gasteiger partial charge is 0.242 e. The number of unbranched alkanes of at least 4 members (excludes halogenated alkanes) is 3. The van der Waals surface area contributed by atoms with Crippen LogP contribution in [0.5, 0.6) is 0 Å². The average Bonchev–Trinajstić information content (AvgIpc) is 3.15. The number of thiophene rings is 1. The highest BCUT2D eigenvalue weighted by Gasteiger charge is 2.22. The topological polar surface area (TPSA) is 40.6 Å². The third-order valence-corrected chi connectivity index (χ3v) is 6.30. The maximum absolute atomic E-state index is 13.3. The number of benzene rings is 1. The standard InChI is InChI=1S/C25H36N2O2S/c1-4-6-7-11-14-24(28)26(16-5-2)20-25(29)27(18-22-12-9-8-10-13-22)19-23-21(3)15-17-30-23/h8-10,12-13,15,17H,4-7,11,14,16,18-20H2,1-3H3.